The summed E-state index contributed by atoms with van der Waals surface area (Å²) >= 11 is 11.7. The molecule has 2 N–H and O–H groups in total. The van der Waals surface area contributed by atoms with Crippen molar-refractivity contribution in [1.29, 1.82) is 0 Å². The van der Waals surface area contributed by atoms with E-state index in [1.807, 2.05) is 26.0 Å². The smallest absolute Gasteiger partial charge is 0.0595 e. The minimum atomic E-state index is -0.211. The summed E-state index contributed by atoms with van der Waals surface area (Å²) in [5, 5.41) is 1.17. The van der Waals surface area contributed by atoms with Gasteiger partial charge in [-0.25, -0.2) is 0 Å². The summed E-state index contributed by atoms with van der Waals surface area (Å²) in [5.41, 5.74) is 6.78. The molecule has 72 valence electrons. The third kappa shape index (κ3) is 3.55. The highest BCUT2D eigenvalue weighted by Gasteiger charge is 2.12. The molecular weight excluding hydrogens is 205 g/mol. The third-order valence-electron chi connectivity index (χ3n) is 1.64. The van der Waals surface area contributed by atoms with Crippen LogP contribution >= 0.6 is 23.2 Å². The summed E-state index contributed by atoms with van der Waals surface area (Å²) in [6.07, 6.45) is 0.796. The summed E-state index contributed by atoms with van der Waals surface area (Å²) in [6.45, 7) is 3.96. The van der Waals surface area contributed by atoms with Gasteiger partial charge in [0.15, 0.2) is 0 Å². The Bertz CT molecular complexity index is 302. The first kappa shape index (κ1) is 10.8. The zero-order valence-electron chi connectivity index (χ0n) is 7.77. The molecule has 0 saturated heterocycles. The van der Waals surface area contributed by atoms with Crippen LogP contribution in [0.3, 0.4) is 0 Å². The Labute approximate surface area is 88.8 Å². The Kier molecular flexibility index (Phi) is 3.23. The number of halogens is 2. The SMILES string of the molecule is CC(C)(N)Cc1ccc(Cl)c(Cl)c1. The highest BCUT2D eigenvalue weighted by atomic mass is 35.5. The van der Waals surface area contributed by atoms with Crippen molar-refractivity contribution in [3.05, 3.63) is 33.8 Å². The minimum Gasteiger partial charge on any atom is -0.325 e. The lowest BCUT2D eigenvalue weighted by atomic mass is 9.96. The largest absolute Gasteiger partial charge is 0.325 e. The maximum Gasteiger partial charge on any atom is 0.0595 e. The van der Waals surface area contributed by atoms with E-state index in [9.17, 15) is 0 Å². The van der Waals surface area contributed by atoms with Crippen LogP contribution in [-0.2, 0) is 6.42 Å². The first-order valence-electron chi connectivity index (χ1n) is 4.11. The van der Waals surface area contributed by atoms with E-state index in [-0.39, 0.29) is 5.54 Å². The fourth-order valence-electron chi connectivity index (χ4n) is 1.18. The topological polar surface area (TPSA) is 26.0 Å². The number of rotatable bonds is 2. The molecule has 1 aromatic rings. The molecule has 0 aliphatic rings. The Balaban J connectivity index is 2.86. The van der Waals surface area contributed by atoms with E-state index in [0.29, 0.717) is 10.0 Å². The van der Waals surface area contributed by atoms with E-state index in [1.165, 1.54) is 0 Å². The van der Waals surface area contributed by atoms with Gasteiger partial charge in [0, 0.05) is 5.54 Å². The van der Waals surface area contributed by atoms with E-state index < -0.39 is 0 Å². The van der Waals surface area contributed by atoms with E-state index >= 15 is 0 Å². The summed E-state index contributed by atoms with van der Waals surface area (Å²) in [5.74, 6) is 0. The molecule has 0 saturated carbocycles. The Hall–Kier alpha value is -0.240. The first-order valence-corrected chi connectivity index (χ1v) is 4.87. The first-order chi connectivity index (χ1) is 5.88. The van der Waals surface area contributed by atoms with Crippen LogP contribution in [0.1, 0.15) is 19.4 Å². The molecule has 0 unspecified atom stereocenters. The lowest BCUT2D eigenvalue weighted by molar-refractivity contribution is 0.517. The van der Waals surface area contributed by atoms with Crippen molar-refractivity contribution in [3.63, 3.8) is 0 Å². The second kappa shape index (κ2) is 3.87. The Morgan fingerprint density at radius 2 is 1.85 bits per heavy atom. The average Bonchev–Trinajstić information content (AvgIpc) is 1.94. The van der Waals surface area contributed by atoms with Gasteiger partial charge in [-0.15, -0.1) is 0 Å². The zero-order valence-corrected chi connectivity index (χ0v) is 9.28. The van der Waals surface area contributed by atoms with Gasteiger partial charge in [-0.2, -0.15) is 0 Å². The molecule has 0 aliphatic heterocycles. The van der Waals surface area contributed by atoms with Crippen LogP contribution in [0.5, 0.6) is 0 Å². The van der Waals surface area contributed by atoms with Crippen molar-refractivity contribution >= 4 is 23.2 Å². The van der Waals surface area contributed by atoms with Crippen LogP contribution in [0.4, 0.5) is 0 Å². The van der Waals surface area contributed by atoms with Crippen LogP contribution in [0.2, 0.25) is 10.0 Å². The maximum atomic E-state index is 5.88. The summed E-state index contributed by atoms with van der Waals surface area (Å²) in [7, 11) is 0. The number of benzene rings is 1. The molecule has 0 amide bonds. The molecule has 0 aromatic heterocycles. The van der Waals surface area contributed by atoms with Crippen molar-refractivity contribution < 1.29 is 0 Å². The average molecular weight is 218 g/mol. The van der Waals surface area contributed by atoms with Crippen molar-refractivity contribution in [2.24, 2.45) is 5.73 Å². The number of hydrogen-bond donors (Lipinski definition) is 1. The second-order valence-corrected chi connectivity index (χ2v) is 4.73. The van der Waals surface area contributed by atoms with E-state index in [0.717, 1.165) is 12.0 Å². The fraction of sp³-hybridized carbons (Fsp3) is 0.400. The lowest BCUT2D eigenvalue weighted by Crippen LogP contribution is -2.34. The molecule has 3 heteroatoms. The predicted molar refractivity (Wildman–Crippen MR) is 58.4 cm³/mol. The summed E-state index contributed by atoms with van der Waals surface area (Å²) in [4.78, 5) is 0. The lowest BCUT2D eigenvalue weighted by Gasteiger charge is -2.18. The van der Waals surface area contributed by atoms with E-state index in [1.54, 1.807) is 6.07 Å². The van der Waals surface area contributed by atoms with Gasteiger partial charge < -0.3 is 5.73 Å². The normalized spacial score (nSPS) is 11.8. The predicted octanol–water partition coefficient (Wildman–Crippen LogP) is 3.27. The zero-order chi connectivity index (χ0) is 10.1. The van der Waals surface area contributed by atoms with Gasteiger partial charge in [-0.1, -0.05) is 29.3 Å². The minimum absolute atomic E-state index is 0.211. The van der Waals surface area contributed by atoms with Crippen molar-refractivity contribution in [2.75, 3.05) is 0 Å². The van der Waals surface area contributed by atoms with Crippen LogP contribution < -0.4 is 5.73 Å². The molecule has 1 nitrogen and oxygen atoms in total. The molecular formula is C10H13Cl2N. The maximum absolute atomic E-state index is 5.88. The van der Waals surface area contributed by atoms with E-state index in [4.69, 9.17) is 28.9 Å². The molecule has 0 aliphatic carbocycles. The second-order valence-electron chi connectivity index (χ2n) is 3.91. The van der Waals surface area contributed by atoms with Crippen LogP contribution in [0, 0.1) is 0 Å². The van der Waals surface area contributed by atoms with Crippen LogP contribution in [0.15, 0.2) is 18.2 Å². The molecule has 13 heavy (non-hydrogen) atoms. The Morgan fingerprint density at radius 1 is 1.23 bits per heavy atom. The quantitative estimate of drug-likeness (QED) is 0.809. The molecule has 0 atom stereocenters. The van der Waals surface area contributed by atoms with Gasteiger partial charge in [0.25, 0.3) is 0 Å². The molecule has 0 bridgehead atoms. The molecule has 0 heterocycles. The third-order valence-corrected chi connectivity index (χ3v) is 2.38. The molecule has 0 spiro atoms. The fourth-order valence-corrected chi connectivity index (χ4v) is 1.50. The molecule has 0 radical (unpaired) electrons. The van der Waals surface area contributed by atoms with E-state index in [2.05, 4.69) is 0 Å². The van der Waals surface area contributed by atoms with Crippen LogP contribution in [-0.4, -0.2) is 5.54 Å². The number of nitrogens with two attached hydrogens (primary N) is 1. The number of hydrogen-bond acceptors (Lipinski definition) is 1. The molecule has 1 rings (SSSR count). The van der Waals surface area contributed by atoms with Crippen LogP contribution in [0.25, 0.3) is 0 Å². The van der Waals surface area contributed by atoms with Gasteiger partial charge in [0.1, 0.15) is 0 Å². The van der Waals surface area contributed by atoms with Gasteiger partial charge in [-0.3, -0.25) is 0 Å². The van der Waals surface area contributed by atoms with Gasteiger partial charge in [0.05, 0.1) is 10.0 Å². The standard InChI is InChI=1S/C10H13Cl2N/c1-10(2,13)6-7-3-4-8(11)9(12)5-7/h3-5H,6,13H2,1-2H3. The van der Waals surface area contributed by atoms with Crippen molar-refractivity contribution in [2.45, 2.75) is 25.8 Å². The van der Waals surface area contributed by atoms with Crippen molar-refractivity contribution in [1.82, 2.24) is 0 Å². The van der Waals surface area contributed by atoms with Gasteiger partial charge >= 0.3 is 0 Å². The summed E-state index contributed by atoms with van der Waals surface area (Å²) in [6, 6.07) is 5.60. The van der Waals surface area contributed by atoms with Crippen molar-refractivity contribution in [3.8, 4) is 0 Å². The highest BCUT2D eigenvalue weighted by Crippen LogP contribution is 2.23. The molecule has 1 aromatic carbocycles. The van der Waals surface area contributed by atoms with Gasteiger partial charge in [-0.05, 0) is 38.0 Å². The summed E-state index contributed by atoms with van der Waals surface area (Å²) < 4.78 is 0. The molecule has 0 fully saturated rings. The Morgan fingerprint density at radius 3 is 2.31 bits per heavy atom. The monoisotopic (exact) mass is 217 g/mol. The van der Waals surface area contributed by atoms with Gasteiger partial charge in [0.2, 0.25) is 0 Å². The highest BCUT2D eigenvalue weighted by molar-refractivity contribution is 6.42.